The Morgan fingerprint density at radius 2 is 1.76 bits per heavy atom. The van der Waals surface area contributed by atoms with Crippen LogP contribution in [0.15, 0.2) is 42.5 Å². The molecule has 0 aliphatic rings. The second kappa shape index (κ2) is 4.68. The van der Waals surface area contributed by atoms with Crippen molar-refractivity contribution in [1.29, 1.82) is 0 Å². The molecule has 0 aliphatic heterocycles. The van der Waals surface area contributed by atoms with Gasteiger partial charge in [-0.3, -0.25) is 0 Å². The first-order chi connectivity index (χ1) is 8.09. The summed E-state index contributed by atoms with van der Waals surface area (Å²) in [6, 6.07) is 14.0. The fourth-order valence-corrected chi connectivity index (χ4v) is 2.05. The third-order valence-corrected chi connectivity index (χ3v) is 3.14. The highest BCUT2D eigenvalue weighted by Gasteiger charge is 2.10. The number of anilines is 3. The van der Waals surface area contributed by atoms with Gasteiger partial charge in [-0.2, -0.15) is 0 Å². The monoisotopic (exact) mass is 246 g/mol. The number of aryl methyl sites for hydroxylation is 1. The first-order valence-corrected chi connectivity index (χ1v) is 5.82. The predicted octanol–water partition coefficient (Wildman–Crippen LogP) is 4.00. The number of rotatable bonds is 2. The van der Waals surface area contributed by atoms with Crippen molar-refractivity contribution in [3.8, 4) is 0 Å². The van der Waals surface area contributed by atoms with E-state index in [0.717, 1.165) is 16.9 Å². The predicted molar refractivity (Wildman–Crippen MR) is 75.1 cm³/mol. The first-order valence-electron chi connectivity index (χ1n) is 5.44. The summed E-state index contributed by atoms with van der Waals surface area (Å²) in [7, 11) is 1.98. The van der Waals surface area contributed by atoms with Crippen molar-refractivity contribution in [2.24, 2.45) is 0 Å². The fraction of sp³-hybridized carbons (Fsp3) is 0.143. The molecule has 0 atom stereocenters. The number of para-hydroxylation sites is 1. The third kappa shape index (κ3) is 2.37. The topological polar surface area (TPSA) is 29.3 Å². The van der Waals surface area contributed by atoms with Crippen LogP contribution < -0.4 is 10.6 Å². The van der Waals surface area contributed by atoms with Gasteiger partial charge in [0.15, 0.2) is 0 Å². The van der Waals surface area contributed by atoms with Gasteiger partial charge in [-0.05, 0) is 36.8 Å². The Labute approximate surface area is 107 Å². The molecule has 0 amide bonds. The van der Waals surface area contributed by atoms with E-state index < -0.39 is 0 Å². The van der Waals surface area contributed by atoms with E-state index in [2.05, 4.69) is 0 Å². The molecule has 0 radical (unpaired) electrons. The van der Waals surface area contributed by atoms with Gasteiger partial charge >= 0.3 is 0 Å². The molecule has 2 rings (SSSR count). The standard InChI is InChI=1S/C14H15ClN2/c1-10-8-12(16)14(15)13(9-10)17(2)11-6-4-3-5-7-11/h3-9H,16H2,1-2H3. The average Bonchev–Trinajstić information content (AvgIpc) is 2.34. The second-order valence-electron chi connectivity index (χ2n) is 4.08. The van der Waals surface area contributed by atoms with Gasteiger partial charge in [0.1, 0.15) is 0 Å². The molecular formula is C14H15ClN2. The maximum atomic E-state index is 6.24. The highest BCUT2D eigenvalue weighted by atomic mass is 35.5. The molecule has 88 valence electrons. The Morgan fingerprint density at radius 1 is 1.12 bits per heavy atom. The highest BCUT2D eigenvalue weighted by Crippen LogP contribution is 2.35. The van der Waals surface area contributed by atoms with Crippen LogP contribution in [-0.2, 0) is 0 Å². The summed E-state index contributed by atoms with van der Waals surface area (Å²) >= 11 is 6.24. The highest BCUT2D eigenvalue weighted by molar-refractivity contribution is 6.36. The zero-order valence-corrected chi connectivity index (χ0v) is 10.7. The lowest BCUT2D eigenvalue weighted by Crippen LogP contribution is -2.10. The summed E-state index contributed by atoms with van der Waals surface area (Å²) in [5.74, 6) is 0. The maximum absolute atomic E-state index is 6.24. The number of nitrogens with two attached hydrogens (primary N) is 1. The van der Waals surface area contributed by atoms with E-state index in [-0.39, 0.29) is 0 Å². The second-order valence-corrected chi connectivity index (χ2v) is 4.46. The van der Waals surface area contributed by atoms with Crippen molar-refractivity contribution in [1.82, 2.24) is 0 Å². The van der Waals surface area contributed by atoms with Crippen molar-refractivity contribution < 1.29 is 0 Å². The minimum absolute atomic E-state index is 0.599. The van der Waals surface area contributed by atoms with Crippen molar-refractivity contribution in [2.75, 3.05) is 17.7 Å². The summed E-state index contributed by atoms with van der Waals surface area (Å²) in [5.41, 5.74) is 9.60. The zero-order chi connectivity index (χ0) is 12.4. The van der Waals surface area contributed by atoms with Crippen LogP contribution in [-0.4, -0.2) is 7.05 Å². The largest absolute Gasteiger partial charge is 0.397 e. The summed E-state index contributed by atoms with van der Waals surface area (Å²) < 4.78 is 0. The Balaban J connectivity index is 2.48. The average molecular weight is 247 g/mol. The molecule has 2 nitrogen and oxygen atoms in total. The molecule has 0 unspecified atom stereocenters. The molecule has 0 fully saturated rings. The molecule has 0 saturated heterocycles. The van der Waals surface area contributed by atoms with Crippen molar-refractivity contribution >= 4 is 28.7 Å². The van der Waals surface area contributed by atoms with Gasteiger partial charge in [0.2, 0.25) is 0 Å². The lowest BCUT2D eigenvalue weighted by Gasteiger charge is -2.22. The Hall–Kier alpha value is -1.67. The van der Waals surface area contributed by atoms with Crippen molar-refractivity contribution in [3.05, 3.63) is 53.1 Å². The van der Waals surface area contributed by atoms with Crippen LogP contribution in [0.2, 0.25) is 5.02 Å². The lowest BCUT2D eigenvalue weighted by atomic mass is 10.1. The van der Waals surface area contributed by atoms with E-state index in [1.807, 2.05) is 61.3 Å². The molecule has 0 saturated carbocycles. The van der Waals surface area contributed by atoms with Gasteiger partial charge in [0, 0.05) is 12.7 Å². The van der Waals surface area contributed by atoms with Gasteiger partial charge in [0.05, 0.1) is 16.4 Å². The lowest BCUT2D eigenvalue weighted by molar-refractivity contribution is 1.20. The third-order valence-electron chi connectivity index (χ3n) is 2.73. The van der Waals surface area contributed by atoms with E-state index >= 15 is 0 Å². The zero-order valence-electron chi connectivity index (χ0n) is 9.94. The van der Waals surface area contributed by atoms with Crippen LogP contribution in [0, 0.1) is 6.92 Å². The number of nitrogens with zero attached hydrogens (tertiary/aromatic N) is 1. The van der Waals surface area contributed by atoms with Crippen molar-refractivity contribution in [2.45, 2.75) is 6.92 Å². The Kier molecular flexibility index (Phi) is 3.25. The van der Waals surface area contributed by atoms with E-state index in [1.165, 1.54) is 0 Å². The van der Waals surface area contributed by atoms with Crippen LogP contribution in [0.1, 0.15) is 5.56 Å². The van der Waals surface area contributed by atoms with Crippen LogP contribution in [0.4, 0.5) is 17.1 Å². The minimum atomic E-state index is 0.599. The molecule has 0 aliphatic carbocycles. The van der Waals surface area contributed by atoms with E-state index in [0.29, 0.717) is 10.7 Å². The summed E-state index contributed by atoms with van der Waals surface area (Å²) in [5, 5.41) is 0.599. The number of halogens is 1. The maximum Gasteiger partial charge on any atom is 0.0872 e. The van der Waals surface area contributed by atoms with E-state index in [4.69, 9.17) is 17.3 Å². The van der Waals surface area contributed by atoms with Gasteiger partial charge in [0.25, 0.3) is 0 Å². The molecular weight excluding hydrogens is 232 g/mol. The van der Waals surface area contributed by atoms with E-state index in [9.17, 15) is 0 Å². The minimum Gasteiger partial charge on any atom is -0.397 e. The van der Waals surface area contributed by atoms with Crippen LogP contribution in [0.25, 0.3) is 0 Å². The number of benzene rings is 2. The summed E-state index contributed by atoms with van der Waals surface area (Å²) in [4.78, 5) is 2.03. The first kappa shape index (κ1) is 11.8. The quantitative estimate of drug-likeness (QED) is 0.812. The normalized spacial score (nSPS) is 10.3. The van der Waals surface area contributed by atoms with Gasteiger partial charge in [-0.1, -0.05) is 29.8 Å². The summed E-state index contributed by atoms with van der Waals surface area (Å²) in [6.45, 7) is 2.01. The summed E-state index contributed by atoms with van der Waals surface area (Å²) in [6.07, 6.45) is 0. The smallest absolute Gasteiger partial charge is 0.0872 e. The molecule has 0 spiro atoms. The van der Waals surface area contributed by atoms with Crippen LogP contribution in [0.5, 0.6) is 0 Å². The van der Waals surface area contributed by atoms with Crippen molar-refractivity contribution in [3.63, 3.8) is 0 Å². The number of nitrogen functional groups attached to an aromatic ring is 1. The van der Waals surface area contributed by atoms with Crippen LogP contribution in [0.3, 0.4) is 0 Å². The van der Waals surface area contributed by atoms with Crippen LogP contribution >= 0.6 is 11.6 Å². The van der Waals surface area contributed by atoms with Gasteiger partial charge in [-0.25, -0.2) is 0 Å². The van der Waals surface area contributed by atoms with E-state index in [1.54, 1.807) is 0 Å². The number of hydrogen-bond acceptors (Lipinski definition) is 2. The number of hydrogen-bond donors (Lipinski definition) is 1. The molecule has 17 heavy (non-hydrogen) atoms. The SMILES string of the molecule is Cc1cc(N)c(Cl)c(N(C)c2ccccc2)c1. The molecule has 2 N–H and O–H groups in total. The molecule has 3 heteroatoms. The van der Waals surface area contributed by atoms with Gasteiger partial charge < -0.3 is 10.6 Å². The van der Waals surface area contributed by atoms with Gasteiger partial charge in [-0.15, -0.1) is 0 Å². The molecule has 0 bridgehead atoms. The Morgan fingerprint density at radius 3 is 2.41 bits per heavy atom. The molecule has 2 aromatic carbocycles. The Bertz CT molecular complexity index is 523. The molecule has 2 aromatic rings. The fourth-order valence-electron chi connectivity index (χ4n) is 1.81. The molecule has 0 heterocycles. The molecule has 0 aromatic heterocycles.